The van der Waals surface area contributed by atoms with Gasteiger partial charge in [-0.3, -0.25) is 38.4 Å². The summed E-state index contributed by atoms with van der Waals surface area (Å²) in [6, 6.07) is -2.33. The van der Waals surface area contributed by atoms with E-state index < -0.39 is 103 Å². The molecule has 2 amide bonds. The number of ketones is 2. The van der Waals surface area contributed by atoms with Crippen LogP contribution in [0.5, 0.6) is 0 Å². The molecule has 15 nitrogen and oxygen atoms in total. The summed E-state index contributed by atoms with van der Waals surface area (Å²) in [4.78, 5) is 95.1. The highest BCUT2D eigenvalue weighted by Crippen LogP contribution is 2.19. The van der Waals surface area contributed by atoms with Gasteiger partial charge in [-0.2, -0.15) is 0 Å². The maximum Gasteiger partial charge on any atom is 0.303 e. The number of likely N-dealkylation sites (N-methyl/N-ethyl adjacent to an activating group) is 1. The zero-order valence-corrected chi connectivity index (χ0v) is 21.9. The number of aliphatic carboxylic acids is 4. The Morgan fingerprint density at radius 3 is 1.28 bits per heavy atom. The van der Waals surface area contributed by atoms with Crippen molar-refractivity contribution in [2.24, 2.45) is 11.8 Å². The van der Waals surface area contributed by atoms with E-state index in [0.29, 0.717) is 0 Å². The summed E-state index contributed by atoms with van der Waals surface area (Å²) in [5.41, 5.74) is 0. The van der Waals surface area contributed by atoms with Crippen LogP contribution in [0.1, 0.15) is 64.2 Å². The molecule has 39 heavy (non-hydrogen) atoms. The van der Waals surface area contributed by atoms with E-state index in [9.17, 15) is 38.4 Å². The van der Waals surface area contributed by atoms with Crippen LogP contribution in [0, 0.1) is 11.8 Å². The number of carboxylic acid groups (broad SMARTS) is 4. The Hall–Kier alpha value is -3.88. The minimum absolute atomic E-state index is 0.0745. The molecule has 0 saturated carbocycles. The van der Waals surface area contributed by atoms with E-state index in [1.165, 1.54) is 14.1 Å². The number of hydrogen-bond donors (Lipinski definition) is 7. The van der Waals surface area contributed by atoms with Crippen molar-refractivity contribution in [3.05, 3.63) is 0 Å². The average Bonchev–Trinajstić information content (AvgIpc) is 2.85. The zero-order valence-electron chi connectivity index (χ0n) is 21.9. The highest BCUT2D eigenvalue weighted by molar-refractivity contribution is 5.95. The molecule has 15 heteroatoms. The first-order valence-corrected chi connectivity index (χ1v) is 12.3. The van der Waals surface area contributed by atoms with Gasteiger partial charge in [0.1, 0.15) is 0 Å². The molecule has 0 rings (SSSR count). The third kappa shape index (κ3) is 15.2. The predicted molar refractivity (Wildman–Crippen MR) is 133 cm³/mol. The molecule has 0 aromatic heterocycles. The Bertz CT molecular complexity index is 920. The van der Waals surface area contributed by atoms with E-state index in [1.807, 2.05) is 0 Å². The Balaban J connectivity index is 5.80. The molecule has 0 fully saturated rings. The molecule has 0 aromatic carbocycles. The zero-order chi connectivity index (χ0) is 30.1. The number of carbonyl (C=O) groups is 8. The topological polar surface area (TPSA) is 254 Å². The number of hydrogen-bond acceptors (Lipinski definition) is 9. The Morgan fingerprint density at radius 2 is 0.897 bits per heavy atom. The van der Waals surface area contributed by atoms with Crippen molar-refractivity contribution in [2.75, 3.05) is 14.1 Å². The van der Waals surface area contributed by atoms with Gasteiger partial charge >= 0.3 is 23.9 Å². The van der Waals surface area contributed by atoms with Gasteiger partial charge in [0.2, 0.25) is 11.8 Å². The number of carbonyl (C=O) groups excluding carboxylic acids is 4. The van der Waals surface area contributed by atoms with Crippen LogP contribution in [0.15, 0.2) is 0 Å². The Labute approximate surface area is 224 Å². The number of rotatable bonds is 22. The second kappa shape index (κ2) is 18.4. The van der Waals surface area contributed by atoms with Gasteiger partial charge in [0.15, 0.2) is 11.6 Å². The molecular formula is C24H37N3O12. The van der Waals surface area contributed by atoms with Gasteiger partial charge < -0.3 is 36.4 Å². The standard InChI is InChI=1S/C24H37N3O12/c1-25-15(5-9-21(34)35)17(28)12-14(4-8-20(32)33)24(39)27-16(6-10-22(36)37)18(29)11-13(23(38)26-2)3-7-19(30)31/h13-16,25H,3-12H2,1-2H3,(H,26,38)(H,27,39)(H,30,31)(H,32,33)(H,34,35)(H,36,37). The summed E-state index contributed by atoms with van der Waals surface area (Å²) in [5.74, 6) is -9.92. The molecule has 0 heterocycles. The molecule has 0 aliphatic rings. The molecule has 7 N–H and O–H groups in total. The van der Waals surface area contributed by atoms with Crippen LogP contribution in [0.2, 0.25) is 0 Å². The molecular weight excluding hydrogens is 522 g/mol. The lowest BCUT2D eigenvalue weighted by Gasteiger charge is -2.24. The summed E-state index contributed by atoms with van der Waals surface area (Å²) >= 11 is 0. The lowest BCUT2D eigenvalue weighted by molar-refractivity contribution is -0.140. The SMILES string of the molecule is CNC(=O)C(CCC(=O)O)CC(=O)C(CCC(=O)O)NC(=O)C(CCC(=O)O)CC(=O)C(CCC(=O)O)NC. The number of nitrogens with one attached hydrogen (secondary N) is 3. The molecule has 0 bridgehead atoms. The highest BCUT2D eigenvalue weighted by Gasteiger charge is 2.32. The Morgan fingerprint density at radius 1 is 0.538 bits per heavy atom. The number of carboxylic acids is 4. The summed E-state index contributed by atoms with van der Waals surface area (Å²) in [7, 11) is 2.72. The summed E-state index contributed by atoms with van der Waals surface area (Å²) in [6.45, 7) is 0. The second-order valence-corrected chi connectivity index (χ2v) is 8.98. The van der Waals surface area contributed by atoms with Crippen molar-refractivity contribution in [3.63, 3.8) is 0 Å². The molecule has 0 radical (unpaired) electrons. The molecule has 0 spiro atoms. The van der Waals surface area contributed by atoms with Crippen LogP contribution in [-0.4, -0.2) is 93.9 Å². The minimum atomic E-state index is -1.40. The minimum Gasteiger partial charge on any atom is -0.481 e. The summed E-state index contributed by atoms with van der Waals surface area (Å²) in [5, 5.41) is 43.3. The van der Waals surface area contributed by atoms with Gasteiger partial charge in [-0.1, -0.05) is 0 Å². The van der Waals surface area contributed by atoms with Gasteiger partial charge in [-0.05, 0) is 32.7 Å². The maximum atomic E-state index is 13.1. The van der Waals surface area contributed by atoms with E-state index >= 15 is 0 Å². The van der Waals surface area contributed by atoms with Gasteiger partial charge in [-0.15, -0.1) is 0 Å². The normalized spacial score (nSPS) is 13.8. The van der Waals surface area contributed by atoms with E-state index in [-0.39, 0.29) is 32.1 Å². The van der Waals surface area contributed by atoms with Crippen LogP contribution in [0.4, 0.5) is 0 Å². The molecule has 220 valence electrons. The van der Waals surface area contributed by atoms with Crippen molar-refractivity contribution >= 4 is 47.3 Å². The Kier molecular flexibility index (Phi) is 16.6. The fourth-order valence-corrected chi connectivity index (χ4v) is 3.83. The fraction of sp³-hybridized carbons (Fsp3) is 0.667. The van der Waals surface area contributed by atoms with Gasteiger partial charge in [0, 0.05) is 57.4 Å². The van der Waals surface area contributed by atoms with Crippen LogP contribution in [0.3, 0.4) is 0 Å². The van der Waals surface area contributed by atoms with Crippen molar-refractivity contribution in [1.29, 1.82) is 0 Å². The summed E-state index contributed by atoms with van der Waals surface area (Å²) in [6.07, 6.45) is -3.64. The quantitative estimate of drug-likeness (QED) is 0.0877. The average molecular weight is 560 g/mol. The monoisotopic (exact) mass is 559 g/mol. The molecule has 4 atom stereocenters. The molecule has 0 saturated heterocycles. The van der Waals surface area contributed by atoms with E-state index in [2.05, 4.69) is 16.0 Å². The van der Waals surface area contributed by atoms with Crippen LogP contribution in [0.25, 0.3) is 0 Å². The van der Waals surface area contributed by atoms with Crippen LogP contribution < -0.4 is 16.0 Å². The van der Waals surface area contributed by atoms with Gasteiger partial charge in [-0.25, -0.2) is 0 Å². The van der Waals surface area contributed by atoms with Crippen LogP contribution in [-0.2, 0) is 38.4 Å². The lowest BCUT2D eigenvalue weighted by atomic mass is 9.89. The van der Waals surface area contributed by atoms with Crippen LogP contribution >= 0.6 is 0 Å². The second-order valence-electron chi connectivity index (χ2n) is 8.98. The van der Waals surface area contributed by atoms with E-state index in [0.717, 1.165) is 0 Å². The smallest absolute Gasteiger partial charge is 0.303 e. The van der Waals surface area contributed by atoms with Crippen molar-refractivity contribution in [3.8, 4) is 0 Å². The largest absolute Gasteiger partial charge is 0.481 e. The molecule has 0 aromatic rings. The number of Topliss-reactive ketones (excluding diaryl/α,β-unsaturated/α-hetero) is 2. The number of amides is 2. The summed E-state index contributed by atoms with van der Waals surface area (Å²) < 4.78 is 0. The third-order valence-electron chi connectivity index (χ3n) is 6.03. The van der Waals surface area contributed by atoms with Crippen molar-refractivity contribution in [1.82, 2.24) is 16.0 Å². The van der Waals surface area contributed by atoms with E-state index in [4.69, 9.17) is 20.4 Å². The van der Waals surface area contributed by atoms with Gasteiger partial charge in [0.25, 0.3) is 0 Å². The van der Waals surface area contributed by atoms with Gasteiger partial charge in [0.05, 0.1) is 12.1 Å². The first kappa shape index (κ1) is 35.1. The first-order chi connectivity index (χ1) is 18.2. The fourth-order valence-electron chi connectivity index (χ4n) is 3.83. The first-order valence-electron chi connectivity index (χ1n) is 12.3. The lowest BCUT2D eigenvalue weighted by Crippen LogP contribution is -2.46. The van der Waals surface area contributed by atoms with E-state index in [1.54, 1.807) is 0 Å². The highest BCUT2D eigenvalue weighted by atomic mass is 16.4. The molecule has 0 aliphatic heterocycles. The van der Waals surface area contributed by atoms with Crippen molar-refractivity contribution < 1.29 is 58.8 Å². The maximum absolute atomic E-state index is 13.1. The van der Waals surface area contributed by atoms with Crippen molar-refractivity contribution in [2.45, 2.75) is 76.3 Å². The molecule has 0 aliphatic carbocycles. The molecule has 4 unspecified atom stereocenters. The third-order valence-corrected chi connectivity index (χ3v) is 6.03. The predicted octanol–water partition coefficient (Wildman–Crippen LogP) is -0.585.